The predicted octanol–water partition coefficient (Wildman–Crippen LogP) is 2.46. The summed E-state index contributed by atoms with van der Waals surface area (Å²) in [5.41, 5.74) is 0.980. The van der Waals surface area contributed by atoms with E-state index in [0.717, 1.165) is 4.68 Å². The molecular formula is C15H14F3N3O3. The standard InChI is InChI=1S/C15H14F3N3O3/c16-15(17,18)5-6-21-9-12(8-20-21)13(22)19-7-10-1-3-11(4-2-10)14(23)24/h1-4,8-9H,5-7H2,(H,19,22)(H,23,24). The van der Waals surface area contributed by atoms with Gasteiger partial charge in [0.05, 0.1) is 23.7 Å². The molecule has 9 heteroatoms. The molecule has 0 aliphatic carbocycles. The first-order chi connectivity index (χ1) is 11.2. The van der Waals surface area contributed by atoms with E-state index in [1.54, 1.807) is 12.1 Å². The summed E-state index contributed by atoms with van der Waals surface area (Å²) in [6, 6.07) is 5.96. The van der Waals surface area contributed by atoms with Crippen LogP contribution in [0.4, 0.5) is 13.2 Å². The molecule has 0 saturated carbocycles. The first-order valence-electron chi connectivity index (χ1n) is 6.94. The van der Waals surface area contributed by atoms with E-state index in [0.29, 0.717) is 5.56 Å². The second kappa shape index (κ2) is 7.16. The van der Waals surface area contributed by atoms with Gasteiger partial charge in [-0.25, -0.2) is 4.79 Å². The summed E-state index contributed by atoms with van der Waals surface area (Å²) in [7, 11) is 0. The number of carbonyl (C=O) groups excluding carboxylic acids is 1. The van der Waals surface area contributed by atoms with Gasteiger partial charge in [0.25, 0.3) is 5.91 Å². The number of halogens is 3. The predicted molar refractivity (Wildman–Crippen MR) is 77.5 cm³/mol. The van der Waals surface area contributed by atoms with Gasteiger partial charge in [-0.3, -0.25) is 9.48 Å². The summed E-state index contributed by atoms with van der Waals surface area (Å²) in [6.45, 7) is -0.195. The van der Waals surface area contributed by atoms with E-state index in [1.807, 2.05) is 0 Å². The average molecular weight is 341 g/mol. The van der Waals surface area contributed by atoms with E-state index >= 15 is 0 Å². The quantitative estimate of drug-likeness (QED) is 0.845. The number of nitrogens with one attached hydrogen (secondary N) is 1. The number of aromatic nitrogens is 2. The van der Waals surface area contributed by atoms with E-state index in [-0.39, 0.29) is 24.2 Å². The van der Waals surface area contributed by atoms with Crippen LogP contribution < -0.4 is 5.32 Å². The number of hydrogen-bond acceptors (Lipinski definition) is 3. The topological polar surface area (TPSA) is 84.2 Å². The molecule has 0 radical (unpaired) electrons. The molecule has 128 valence electrons. The maximum absolute atomic E-state index is 12.1. The molecule has 0 spiro atoms. The fourth-order valence-corrected chi connectivity index (χ4v) is 1.89. The summed E-state index contributed by atoms with van der Waals surface area (Å²) in [5, 5.41) is 15.1. The fraction of sp³-hybridized carbons (Fsp3) is 0.267. The molecule has 24 heavy (non-hydrogen) atoms. The van der Waals surface area contributed by atoms with Crippen molar-refractivity contribution in [3.05, 3.63) is 53.3 Å². The van der Waals surface area contributed by atoms with Crippen molar-refractivity contribution >= 4 is 11.9 Å². The van der Waals surface area contributed by atoms with Crippen LogP contribution in [0.3, 0.4) is 0 Å². The van der Waals surface area contributed by atoms with Crippen molar-refractivity contribution in [2.24, 2.45) is 0 Å². The number of carboxylic acids is 1. The van der Waals surface area contributed by atoms with E-state index in [2.05, 4.69) is 10.4 Å². The molecule has 1 aromatic heterocycles. The molecule has 1 heterocycles. The summed E-state index contributed by atoms with van der Waals surface area (Å²) in [5.74, 6) is -1.52. The van der Waals surface area contributed by atoms with Gasteiger partial charge in [-0.1, -0.05) is 12.1 Å². The van der Waals surface area contributed by atoms with Gasteiger partial charge in [-0.05, 0) is 17.7 Å². The van der Waals surface area contributed by atoms with Gasteiger partial charge in [-0.15, -0.1) is 0 Å². The van der Waals surface area contributed by atoms with Crippen molar-refractivity contribution in [2.45, 2.75) is 25.7 Å². The third-order valence-corrected chi connectivity index (χ3v) is 3.17. The molecule has 0 unspecified atom stereocenters. The fourth-order valence-electron chi connectivity index (χ4n) is 1.89. The zero-order chi connectivity index (χ0) is 17.7. The molecule has 1 amide bonds. The SMILES string of the molecule is O=C(O)c1ccc(CNC(=O)c2cnn(CCC(F)(F)F)c2)cc1. The maximum Gasteiger partial charge on any atom is 0.390 e. The van der Waals surface area contributed by atoms with Crippen LogP contribution in [0.25, 0.3) is 0 Å². The summed E-state index contributed by atoms with van der Waals surface area (Å²) < 4.78 is 37.5. The number of hydrogen-bond donors (Lipinski definition) is 2. The van der Waals surface area contributed by atoms with Crippen LogP contribution in [0, 0.1) is 0 Å². The lowest BCUT2D eigenvalue weighted by Crippen LogP contribution is -2.22. The highest BCUT2D eigenvalue weighted by Gasteiger charge is 2.26. The number of benzene rings is 1. The lowest BCUT2D eigenvalue weighted by Gasteiger charge is -2.06. The van der Waals surface area contributed by atoms with Gasteiger partial charge in [-0.2, -0.15) is 18.3 Å². The van der Waals surface area contributed by atoms with Crippen LogP contribution in [-0.2, 0) is 13.1 Å². The summed E-state index contributed by atoms with van der Waals surface area (Å²) >= 11 is 0. The van der Waals surface area contributed by atoms with Gasteiger partial charge in [0.1, 0.15) is 0 Å². The Morgan fingerprint density at radius 1 is 1.17 bits per heavy atom. The number of alkyl halides is 3. The second-order valence-electron chi connectivity index (χ2n) is 5.04. The third-order valence-electron chi connectivity index (χ3n) is 3.17. The van der Waals surface area contributed by atoms with Gasteiger partial charge >= 0.3 is 12.1 Å². The molecule has 0 fully saturated rings. The van der Waals surface area contributed by atoms with E-state index in [1.165, 1.54) is 24.5 Å². The zero-order valence-corrected chi connectivity index (χ0v) is 12.4. The number of amides is 1. The third kappa shape index (κ3) is 5.11. The van der Waals surface area contributed by atoms with Gasteiger partial charge in [0.2, 0.25) is 0 Å². The maximum atomic E-state index is 12.1. The monoisotopic (exact) mass is 341 g/mol. The Labute approximate surface area is 134 Å². The molecule has 1 aromatic carbocycles. The average Bonchev–Trinajstić information content (AvgIpc) is 2.99. The zero-order valence-electron chi connectivity index (χ0n) is 12.4. The number of aromatic carboxylic acids is 1. The second-order valence-corrected chi connectivity index (χ2v) is 5.04. The highest BCUT2D eigenvalue weighted by Crippen LogP contribution is 2.20. The van der Waals surface area contributed by atoms with Crippen molar-refractivity contribution < 1.29 is 27.9 Å². The van der Waals surface area contributed by atoms with Crippen molar-refractivity contribution in [1.82, 2.24) is 15.1 Å². The molecule has 2 N–H and O–H groups in total. The molecular weight excluding hydrogens is 327 g/mol. The molecule has 0 atom stereocenters. The molecule has 2 rings (SSSR count). The van der Waals surface area contributed by atoms with Crippen molar-refractivity contribution in [3.8, 4) is 0 Å². The Morgan fingerprint density at radius 3 is 2.42 bits per heavy atom. The van der Waals surface area contributed by atoms with E-state index in [4.69, 9.17) is 5.11 Å². The van der Waals surface area contributed by atoms with Gasteiger partial charge in [0.15, 0.2) is 0 Å². The van der Waals surface area contributed by atoms with Crippen molar-refractivity contribution in [2.75, 3.05) is 0 Å². The normalized spacial score (nSPS) is 11.3. The smallest absolute Gasteiger partial charge is 0.390 e. The molecule has 0 aliphatic heterocycles. The largest absolute Gasteiger partial charge is 0.478 e. The van der Waals surface area contributed by atoms with Crippen molar-refractivity contribution in [1.29, 1.82) is 0 Å². The highest BCUT2D eigenvalue weighted by atomic mass is 19.4. The number of carbonyl (C=O) groups is 2. The van der Waals surface area contributed by atoms with E-state index < -0.39 is 24.5 Å². The molecule has 2 aromatic rings. The Bertz CT molecular complexity index is 724. The highest BCUT2D eigenvalue weighted by molar-refractivity contribution is 5.93. The van der Waals surface area contributed by atoms with Gasteiger partial charge < -0.3 is 10.4 Å². The van der Waals surface area contributed by atoms with Crippen molar-refractivity contribution in [3.63, 3.8) is 0 Å². The van der Waals surface area contributed by atoms with Crippen LogP contribution in [0.5, 0.6) is 0 Å². The summed E-state index contributed by atoms with van der Waals surface area (Å²) in [6.07, 6.45) is -2.87. The van der Waals surface area contributed by atoms with Crippen LogP contribution in [0.2, 0.25) is 0 Å². The molecule has 0 aliphatic rings. The first-order valence-corrected chi connectivity index (χ1v) is 6.94. The Kier molecular flexibility index (Phi) is 5.22. The first kappa shape index (κ1) is 17.5. The summed E-state index contributed by atoms with van der Waals surface area (Å²) in [4.78, 5) is 22.7. The molecule has 6 nitrogen and oxygen atoms in total. The Balaban J connectivity index is 1.88. The minimum Gasteiger partial charge on any atom is -0.478 e. The number of carboxylic acid groups (broad SMARTS) is 1. The lowest BCUT2D eigenvalue weighted by molar-refractivity contribution is -0.137. The number of nitrogens with zero attached hydrogens (tertiary/aromatic N) is 2. The Hall–Kier alpha value is -2.84. The molecule has 0 saturated heterocycles. The van der Waals surface area contributed by atoms with Gasteiger partial charge in [0, 0.05) is 19.3 Å². The minimum atomic E-state index is -4.28. The number of aryl methyl sites for hydroxylation is 1. The Morgan fingerprint density at radius 2 is 1.83 bits per heavy atom. The van der Waals surface area contributed by atoms with Crippen LogP contribution in [-0.4, -0.2) is 32.9 Å². The molecule has 0 bridgehead atoms. The van der Waals surface area contributed by atoms with Crippen LogP contribution in [0.15, 0.2) is 36.7 Å². The van der Waals surface area contributed by atoms with Crippen LogP contribution in [0.1, 0.15) is 32.7 Å². The minimum absolute atomic E-state index is 0.135. The lowest BCUT2D eigenvalue weighted by atomic mass is 10.1. The van der Waals surface area contributed by atoms with E-state index in [9.17, 15) is 22.8 Å². The number of rotatable bonds is 6. The van der Waals surface area contributed by atoms with Crippen LogP contribution >= 0.6 is 0 Å².